The quantitative estimate of drug-likeness (QED) is 0.913. The van der Waals surface area contributed by atoms with Crippen molar-refractivity contribution < 1.29 is 9.47 Å². The Labute approximate surface area is 135 Å². The van der Waals surface area contributed by atoms with Crippen molar-refractivity contribution in [2.75, 3.05) is 32.3 Å². The molecule has 118 valence electrons. The van der Waals surface area contributed by atoms with Crippen LogP contribution < -0.4 is 10.1 Å². The molecule has 0 amide bonds. The van der Waals surface area contributed by atoms with Gasteiger partial charge in [0.15, 0.2) is 0 Å². The molecule has 0 bridgehead atoms. The standard InChI is InChI=1S/C16H25NO2S2/c1-17-15(14-9-13(18-2)11-21-14)12-3-6-19-16(10-12)4-7-20-8-5-16/h9,11-12,15,17H,3-8,10H2,1-2H3. The number of methoxy groups -OCH3 is 1. The van der Waals surface area contributed by atoms with Crippen LogP contribution in [0.1, 0.15) is 36.6 Å². The highest BCUT2D eigenvalue weighted by atomic mass is 32.2. The number of rotatable bonds is 4. The summed E-state index contributed by atoms with van der Waals surface area (Å²) < 4.78 is 11.6. The van der Waals surface area contributed by atoms with E-state index in [1.54, 1.807) is 18.4 Å². The van der Waals surface area contributed by atoms with Gasteiger partial charge >= 0.3 is 0 Å². The Morgan fingerprint density at radius 2 is 2.24 bits per heavy atom. The minimum Gasteiger partial charge on any atom is -0.496 e. The molecular formula is C16H25NO2S2. The topological polar surface area (TPSA) is 30.5 Å². The summed E-state index contributed by atoms with van der Waals surface area (Å²) in [5.74, 6) is 4.15. The second-order valence-electron chi connectivity index (χ2n) is 6.05. The third kappa shape index (κ3) is 3.41. The van der Waals surface area contributed by atoms with Crippen molar-refractivity contribution in [1.82, 2.24) is 5.32 Å². The van der Waals surface area contributed by atoms with Crippen LogP contribution in [0.15, 0.2) is 11.4 Å². The molecule has 2 aliphatic heterocycles. The lowest BCUT2D eigenvalue weighted by atomic mass is 9.78. The second kappa shape index (κ2) is 6.90. The lowest BCUT2D eigenvalue weighted by Gasteiger charge is -2.45. The van der Waals surface area contributed by atoms with E-state index in [9.17, 15) is 0 Å². The Hall–Kier alpha value is -0.230. The minimum atomic E-state index is 0.157. The zero-order valence-electron chi connectivity index (χ0n) is 12.9. The molecule has 0 aromatic carbocycles. The van der Waals surface area contributed by atoms with Crippen LogP contribution in [0.5, 0.6) is 5.75 Å². The number of hydrogen-bond donors (Lipinski definition) is 1. The van der Waals surface area contributed by atoms with Gasteiger partial charge in [-0.15, -0.1) is 11.3 Å². The second-order valence-corrected chi connectivity index (χ2v) is 8.22. The highest BCUT2D eigenvalue weighted by Gasteiger charge is 2.41. The molecular weight excluding hydrogens is 302 g/mol. The minimum absolute atomic E-state index is 0.157. The van der Waals surface area contributed by atoms with Gasteiger partial charge in [0, 0.05) is 22.9 Å². The predicted molar refractivity (Wildman–Crippen MR) is 90.6 cm³/mol. The molecule has 5 heteroatoms. The Morgan fingerprint density at radius 1 is 1.43 bits per heavy atom. The van der Waals surface area contributed by atoms with E-state index in [1.165, 1.54) is 35.6 Å². The van der Waals surface area contributed by atoms with Crippen LogP contribution in [0.25, 0.3) is 0 Å². The average Bonchev–Trinajstić information content (AvgIpc) is 2.98. The van der Waals surface area contributed by atoms with Crippen molar-refractivity contribution >= 4 is 23.1 Å². The molecule has 2 aliphatic rings. The number of ether oxygens (including phenoxy) is 2. The molecule has 3 rings (SSSR count). The van der Waals surface area contributed by atoms with Crippen molar-refractivity contribution in [3.8, 4) is 5.75 Å². The Kier molecular flexibility index (Phi) is 5.15. The maximum absolute atomic E-state index is 6.23. The fourth-order valence-corrected chi connectivity index (χ4v) is 5.95. The summed E-state index contributed by atoms with van der Waals surface area (Å²) in [4.78, 5) is 1.39. The molecule has 0 saturated carbocycles. The molecule has 0 aliphatic carbocycles. The van der Waals surface area contributed by atoms with Crippen LogP contribution in [0.4, 0.5) is 0 Å². The van der Waals surface area contributed by atoms with Crippen molar-refractivity contribution in [3.05, 3.63) is 16.3 Å². The maximum Gasteiger partial charge on any atom is 0.129 e. The smallest absolute Gasteiger partial charge is 0.129 e. The molecule has 1 aromatic heterocycles. The van der Waals surface area contributed by atoms with Gasteiger partial charge in [-0.1, -0.05) is 0 Å². The summed E-state index contributed by atoms with van der Waals surface area (Å²) >= 11 is 3.87. The van der Waals surface area contributed by atoms with Gasteiger partial charge in [-0.25, -0.2) is 0 Å². The Morgan fingerprint density at radius 3 is 2.90 bits per heavy atom. The van der Waals surface area contributed by atoms with Gasteiger partial charge in [-0.05, 0) is 56.2 Å². The number of thioether (sulfide) groups is 1. The van der Waals surface area contributed by atoms with Crippen LogP contribution >= 0.6 is 23.1 Å². The maximum atomic E-state index is 6.23. The zero-order chi connectivity index (χ0) is 14.7. The molecule has 2 atom stereocenters. The monoisotopic (exact) mass is 327 g/mol. The van der Waals surface area contributed by atoms with E-state index in [4.69, 9.17) is 9.47 Å². The zero-order valence-corrected chi connectivity index (χ0v) is 14.5. The van der Waals surface area contributed by atoms with Crippen LogP contribution in [-0.2, 0) is 4.74 Å². The summed E-state index contributed by atoms with van der Waals surface area (Å²) in [7, 11) is 3.82. The van der Waals surface area contributed by atoms with Gasteiger partial charge in [-0.3, -0.25) is 0 Å². The lowest BCUT2D eigenvalue weighted by Crippen LogP contribution is -2.45. The first-order chi connectivity index (χ1) is 10.3. The number of hydrogen-bond acceptors (Lipinski definition) is 5. The third-order valence-electron chi connectivity index (χ3n) is 4.86. The first kappa shape index (κ1) is 15.7. The molecule has 0 radical (unpaired) electrons. The first-order valence-electron chi connectivity index (χ1n) is 7.78. The molecule has 3 nitrogen and oxygen atoms in total. The summed E-state index contributed by atoms with van der Waals surface area (Å²) in [6, 6.07) is 2.61. The van der Waals surface area contributed by atoms with Crippen LogP contribution in [0, 0.1) is 5.92 Å². The molecule has 2 fully saturated rings. The van der Waals surface area contributed by atoms with Crippen LogP contribution in [0.3, 0.4) is 0 Å². The van der Waals surface area contributed by atoms with Crippen molar-refractivity contribution in [1.29, 1.82) is 0 Å². The normalized spacial score (nSPS) is 26.7. The first-order valence-corrected chi connectivity index (χ1v) is 9.81. The molecule has 1 spiro atoms. The van der Waals surface area contributed by atoms with E-state index in [0.29, 0.717) is 12.0 Å². The van der Waals surface area contributed by atoms with Crippen molar-refractivity contribution in [2.45, 2.75) is 37.3 Å². The van der Waals surface area contributed by atoms with Gasteiger partial charge in [-0.2, -0.15) is 11.8 Å². The van der Waals surface area contributed by atoms with Crippen LogP contribution in [-0.4, -0.2) is 37.9 Å². The fraction of sp³-hybridized carbons (Fsp3) is 0.750. The van der Waals surface area contributed by atoms with E-state index in [1.807, 2.05) is 0 Å². The fourth-order valence-electron chi connectivity index (χ4n) is 3.66. The molecule has 1 N–H and O–H groups in total. The van der Waals surface area contributed by atoms with Crippen LogP contribution in [0.2, 0.25) is 0 Å². The van der Waals surface area contributed by atoms with E-state index in [2.05, 4.69) is 35.6 Å². The van der Waals surface area contributed by atoms with Gasteiger partial charge in [0.25, 0.3) is 0 Å². The third-order valence-corrected chi connectivity index (χ3v) is 6.84. The molecule has 2 unspecified atom stereocenters. The van der Waals surface area contributed by atoms with E-state index < -0.39 is 0 Å². The average molecular weight is 328 g/mol. The van der Waals surface area contributed by atoms with Crippen molar-refractivity contribution in [2.24, 2.45) is 5.92 Å². The molecule has 21 heavy (non-hydrogen) atoms. The van der Waals surface area contributed by atoms with Crippen molar-refractivity contribution in [3.63, 3.8) is 0 Å². The molecule has 3 heterocycles. The van der Waals surface area contributed by atoms with E-state index in [0.717, 1.165) is 18.8 Å². The van der Waals surface area contributed by atoms with Gasteiger partial charge in [0.2, 0.25) is 0 Å². The Balaban J connectivity index is 1.73. The highest BCUT2D eigenvalue weighted by molar-refractivity contribution is 7.99. The van der Waals surface area contributed by atoms with Gasteiger partial charge in [0.05, 0.1) is 12.7 Å². The summed E-state index contributed by atoms with van der Waals surface area (Å²) in [6.07, 6.45) is 4.79. The summed E-state index contributed by atoms with van der Waals surface area (Å²) in [6.45, 7) is 0.913. The van der Waals surface area contributed by atoms with E-state index >= 15 is 0 Å². The summed E-state index contributed by atoms with van der Waals surface area (Å²) in [5, 5.41) is 5.64. The number of thiophene rings is 1. The van der Waals surface area contributed by atoms with E-state index in [-0.39, 0.29) is 5.60 Å². The summed E-state index contributed by atoms with van der Waals surface area (Å²) in [5.41, 5.74) is 0.157. The highest BCUT2D eigenvalue weighted by Crippen LogP contribution is 2.44. The van der Waals surface area contributed by atoms with Gasteiger partial charge in [0.1, 0.15) is 5.75 Å². The largest absolute Gasteiger partial charge is 0.496 e. The van der Waals surface area contributed by atoms with Gasteiger partial charge < -0.3 is 14.8 Å². The Bertz CT molecular complexity index is 451. The number of nitrogens with one attached hydrogen (secondary N) is 1. The lowest BCUT2D eigenvalue weighted by molar-refractivity contribution is -0.107. The predicted octanol–water partition coefficient (Wildman–Crippen LogP) is 3.71. The SMILES string of the molecule is CNC(c1cc(OC)cs1)C1CCOC2(CCSCC2)C1. The molecule has 2 saturated heterocycles. The molecule has 1 aromatic rings.